The molecule has 3 N–H and O–H groups in total. The van der Waals surface area contributed by atoms with Crippen LogP contribution in [-0.2, 0) is 6.42 Å². The number of nitrogens with zero attached hydrogens (tertiary/aromatic N) is 2. The quantitative estimate of drug-likeness (QED) is 0.851. The number of anilines is 1. The van der Waals surface area contributed by atoms with Crippen LogP contribution in [0.2, 0.25) is 0 Å². The van der Waals surface area contributed by atoms with Gasteiger partial charge < -0.3 is 11.1 Å². The first-order chi connectivity index (χ1) is 9.29. The van der Waals surface area contributed by atoms with Crippen molar-refractivity contribution in [1.82, 2.24) is 9.97 Å². The number of pyridine rings is 2. The molecule has 5 nitrogen and oxygen atoms in total. The zero-order valence-corrected chi connectivity index (χ0v) is 10.5. The molecule has 2 rings (SSSR count). The Morgan fingerprint density at radius 3 is 2.74 bits per heavy atom. The molecule has 0 atom stereocenters. The Morgan fingerprint density at radius 1 is 1.21 bits per heavy atom. The highest BCUT2D eigenvalue weighted by Crippen LogP contribution is 2.07. The topological polar surface area (TPSA) is 80.9 Å². The minimum Gasteiger partial charge on any atom is -0.330 e. The van der Waals surface area contributed by atoms with Gasteiger partial charge in [0.2, 0.25) is 0 Å². The maximum absolute atomic E-state index is 12.0. The van der Waals surface area contributed by atoms with Crippen LogP contribution >= 0.6 is 0 Å². The number of amides is 1. The van der Waals surface area contributed by atoms with E-state index >= 15 is 0 Å². The molecule has 0 aliphatic rings. The van der Waals surface area contributed by atoms with E-state index in [2.05, 4.69) is 15.3 Å². The molecule has 2 aromatic rings. The van der Waals surface area contributed by atoms with Crippen LogP contribution in [0.4, 0.5) is 5.69 Å². The van der Waals surface area contributed by atoms with Gasteiger partial charge in [0, 0.05) is 23.8 Å². The standard InChI is InChI=1S/C14H16N4O/c15-8-2-4-11-3-1-5-13(17-11)14(19)18-12-6-9-16-10-7-12/h1,3,5-7,9-10H,2,4,8,15H2,(H,16,18,19). The second kappa shape index (κ2) is 6.61. The molecule has 0 aliphatic carbocycles. The van der Waals surface area contributed by atoms with Crippen LogP contribution < -0.4 is 11.1 Å². The second-order valence-electron chi connectivity index (χ2n) is 4.10. The molecule has 0 saturated carbocycles. The van der Waals surface area contributed by atoms with E-state index in [0.29, 0.717) is 17.9 Å². The van der Waals surface area contributed by atoms with Gasteiger partial charge in [-0.2, -0.15) is 0 Å². The summed E-state index contributed by atoms with van der Waals surface area (Å²) in [5.41, 5.74) is 7.46. The van der Waals surface area contributed by atoms with Gasteiger partial charge in [0.05, 0.1) is 0 Å². The average Bonchev–Trinajstić information content (AvgIpc) is 2.46. The maximum Gasteiger partial charge on any atom is 0.274 e. The predicted molar refractivity (Wildman–Crippen MR) is 73.8 cm³/mol. The normalized spacial score (nSPS) is 10.2. The molecule has 5 heteroatoms. The van der Waals surface area contributed by atoms with Crippen molar-refractivity contribution in [3.63, 3.8) is 0 Å². The van der Waals surface area contributed by atoms with Crippen molar-refractivity contribution in [2.45, 2.75) is 12.8 Å². The van der Waals surface area contributed by atoms with Crippen molar-refractivity contribution >= 4 is 11.6 Å². The number of nitrogens with two attached hydrogens (primary N) is 1. The van der Waals surface area contributed by atoms with Crippen LogP contribution in [0.15, 0.2) is 42.7 Å². The molecule has 1 amide bonds. The molecule has 0 aromatic carbocycles. The van der Waals surface area contributed by atoms with Crippen molar-refractivity contribution < 1.29 is 4.79 Å². The molecule has 0 spiro atoms. The summed E-state index contributed by atoms with van der Waals surface area (Å²) in [6.45, 7) is 0.620. The second-order valence-corrected chi connectivity index (χ2v) is 4.10. The number of aryl methyl sites for hydroxylation is 1. The van der Waals surface area contributed by atoms with Crippen molar-refractivity contribution in [3.05, 3.63) is 54.1 Å². The molecule has 0 bridgehead atoms. The largest absolute Gasteiger partial charge is 0.330 e. The Bertz CT molecular complexity index is 542. The fourth-order valence-electron chi connectivity index (χ4n) is 1.66. The molecule has 0 aliphatic heterocycles. The van der Waals surface area contributed by atoms with Gasteiger partial charge in [-0.1, -0.05) is 6.07 Å². The highest BCUT2D eigenvalue weighted by molar-refractivity contribution is 6.02. The Kier molecular flexibility index (Phi) is 4.58. The van der Waals surface area contributed by atoms with Crippen LogP contribution in [0, 0.1) is 0 Å². The fourth-order valence-corrected chi connectivity index (χ4v) is 1.66. The van der Waals surface area contributed by atoms with E-state index in [1.807, 2.05) is 12.1 Å². The third-order valence-electron chi connectivity index (χ3n) is 2.61. The molecular formula is C14H16N4O. The first-order valence-corrected chi connectivity index (χ1v) is 6.17. The summed E-state index contributed by atoms with van der Waals surface area (Å²) in [7, 11) is 0. The summed E-state index contributed by atoms with van der Waals surface area (Å²) in [5.74, 6) is -0.221. The summed E-state index contributed by atoms with van der Waals surface area (Å²) in [6, 6.07) is 8.90. The Balaban J connectivity index is 2.06. The molecule has 2 heterocycles. The minimum atomic E-state index is -0.221. The summed E-state index contributed by atoms with van der Waals surface area (Å²) in [6.07, 6.45) is 4.90. The monoisotopic (exact) mass is 256 g/mol. The number of hydrogen-bond donors (Lipinski definition) is 2. The Morgan fingerprint density at radius 2 is 2.00 bits per heavy atom. The van der Waals surface area contributed by atoms with Crippen LogP contribution in [-0.4, -0.2) is 22.4 Å². The van der Waals surface area contributed by atoms with E-state index in [9.17, 15) is 4.79 Å². The lowest BCUT2D eigenvalue weighted by atomic mass is 10.2. The highest BCUT2D eigenvalue weighted by atomic mass is 16.1. The van der Waals surface area contributed by atoms with E-state index in [0.717, 1.165) is 18.5 Å². The average molecular weight is 256 g/mol. The molecule has 0 saturated heterocycles. The van der Waals surface area contributed by atoms with E-state index in [-0.39, 0.29) is 5.91 Å². The van der Waals surface area contributed by atoms with Gasteiger partial charge in [0.15, 0.2) is 0 Å². The lowest BCUT2D eigenvalue weighted by Crippen LogP contribution is -2.14. The number of carbonyl (C=O) groups is 1. The lowest BCUT2D eigenvalue weighted by molar-refractivity contribution is 0.102. The highest BCUT2D eigenvalue weighted by Gasteiger charge is 2.08. The van der Waals surface area contributed by atoms with Crippen molar-refractivity contribution in [1.29, 1.82) is 0 Å². The molecule has 0 unspecified atom stereocenters. The van der Waals surface area contributed by atoms with Gasteiger partial charge in [0.1, 0.15) is 5.69 Å². The smallest absolute Gasteiger partial charge is 0.274 e. The van der Waals surface area contributed by atoms with Gasteiger partial charge in [-0.25, -0.2) is 4.98 Å². The SMILES string of the molecule is NCCCc1cccc(C(=O)Nc2ccncc2)n1. The first-order valence-electron chi connectivity index (χ1n) is 6.17. The van der Waals surface area contributed by atoms with Gasteiger partial charge in [-0.05, 0) is 43.7 Å². The van der Waals surface area contributed by atoms with Crippen molar-refractivity contribution in [3.8, 4) is 0 Å². The van der Waals surface area contributed by atoms with Gasteiger partial charge in [0.25, 0.3) is 5.91 Å². The van der Waals surface area contributed by atoms with Gasteiger partial charge >= 0.3 is 0 Å². The molecular weight excluding hydrogens is 240 g/mol. The van der Waals surface area contributed by atoms with Crippen LogP contribution in [0.3, 0.4) is 0 Å². The van der Waals surface area contributed by atoms with Crippen LogP contribution in [0.5, 0.6) is 0 Å². The van der Waals surface area contributed by atoms with Gasteiger partial charge in [-0.3, -0.25) is 9.78 Å². The number of nitrogens with one attached hydrogen (secondary N) is 1. The number of hydrogen-bond acceptors (Lipinski definition) is 4. The van der Waals surface area contributed by atoms with E-state index in [1.165, 1.54) is 0 Å². The molecule has 2 aromatic heterocycles. The maximum atomic E-state index is 12.0. The summed E-state index contributed by atoms with van der Waals surface area (Å²) in [4.78, 5) is 20.2. The molecule has 98 valence electrons. The molecule has 0 radical (unpaired) electrons. The van der Waals surface area contributed by atoms with E-state index in [4.69, 9.17) is 5.73 Å². The van der Waals surface area contributed by atoms with E-state index in [1.54, 1.807) is 30.6 Å². The predicted octanol–water partition coefficient (Wildman–Crippen LogP) is 1.62. The summed E-state index contributed by atoms with van der Waals surface area (Å²) >= 11 is 0. The number of rotatable bonds is 5. The van der Waals surface area contributed by atoms with Crippen molar-refractivity contribution in [2.24, 2.45) is 5.73 Å². The van der Waals surface area contributed by atoms with Gasteiger partial charge in [-0.15, -0.1) is 0 Å². The zero-order valence-electron chi connectivity index (χ0n) is 10.5. The lowest BCUT2D eigenvalue weighted by Gasteiger charge is -2.05. The molecule has 19 heavy (non-hydrogen) atoms. The minimum absolute atomic E-state index is 0.221. The number of carbonyl (C=O) groups excluding carboxylic acids is 1. The third kappa shape index (κ3) is 3.86. The van der Waals surface area contributed by atoms with Crippen molar-refractivity contribution in [2.75, 3.05) is 11.9 Å². The first kappa shape index (κ1) is 13.2. The summed E-state index contributed by atoms with van der Waals surface area (Å²) < 4.78 is 0. The Labute approximate surface area is 111 Å². The van der Waals surface area contributed by atoms with Crippen LogP contribution in [0.1, 0.15) is 22.6 Å². The number of aromatic nitrogens is 2. The fraction of sp³-hybridized carbons (Fsp3) is 0.214. The van der Waals surface area contributed by atoms with E-state index < -0.39 is 0 Å². The van der Waals surface area contributed by atoms with Crippen LogP contribution in [0.25, 0.3) is 0 Å². The third-order valence-corrected chi connectivity index (χ3v) is 2.61. The summed E-state index contributed by atoms with van der Waals surface area (Å²) in [5, 5.41) is 2.78. The Hall–Kier alpha value is -2.27. The molecule has 0 fully saturated rings. The zero-order chi connectivity index (χ0) is 13.5.